The molecule has 0 fully saturated rings. The van der Waals surface area contributed by atoms with Gasteiger partial charge in [0.05, 0.1) is 11.9 Å². The average Bonchev–Trinajstić information content (AvgIpc) is 2.48. The molecule has 1 aromatic carbocycles. The number of pyridine rings is 1. The Labute approximate surface area is 116 Å². The van der Waals surface area contributed by atoms with E-state index in [-0.39, 0.29) is 11.7 Å². The molecule has 2 N–H and O–H groups in total. The van der Waals surface area contributed by atoms with E-state index in [0.29, 0.717) is 12.2 Å². The lowest BCUT2D eigenvalue weighted by molar-refractivity contribution is 0.0953. The summed E-state index contributed by atoms with van der Waals surface area (Å²) in [7, 11) is 0. The predicted octanol–water partition coefficient (Wildman–Crippen LogP) is 2.88. The van der Waals surface area contributed by atoms with Crippen LogP contribution in [0.2, 0.25) is 0 Å². The van der Waals surface area contributed by atoms with E-state index in [0.717, 1.165) is 11.4 Å². The molecule has 2 rings (SSSR count). The van der Waals surface area contributed by atoms with E-state index in [1.807, 2.05) is 0 Å². The molecule has 102 valence electrons. The van der Waals surface area contributed by atoms with Crippen molar-refractivity contribution in [3.8, 4) is 0 Å². The van der Waals surface area contributed by atoms with Gasteiger partial charge in [0.15, 0.2) is 0 Å². The van der Waals surface area contributed by atoms with Crippen LogP contribution in [0.1, 0.15) is 10.5 Å². The Hall–Kier alpha value is -2.69. The van der Waals surface area contributed by atoms with Crippen LogP contribution in [0.3, 0.4) is 0 Å². The van der Waals surface area contributed by atoms with E-state index in [1.165, 1.54) is 12.1 Å². The van der Waals surface area contributed by atoms with Crippen LogP contribution >= 0.6 is 0 Å². The summed E-state index contributed by atoms with van der Waals surface area (Å²) in [5, 5.41) is 5.71. The van der Waals surface area contributed by atoms with Gasteiger partial charge in [0.2, 0.25) is 0 Å². The maximum Gasteiger partial charge on any atom is 0.270 e. The third-order valence-corrected chi connectivity index (χ3v) is 2.54. The summed E-state index contributed by atoms with van der Waals surface area (Å²) in [4.78, 5) is 15.7. The molecule has 4 nitrogen and oxygen atoms in total. The van der Waals surface area contributed by atoms with Crippen molar-refractivity contribution < 1.29 is 9.18 Å². The smallest absolute Gasteiger partial charge is 0.270 e. The molecule has 5 heteroatoms. The Morgan fingerprint density at radius 1 is 1.20 bits per heavy atom. The summed E-state index contributed by atoms with van der Waals surface area (Å²) in [6.45, 7) is 3.92. The van der Waals surface area contributed by atoms with Gasteiger partial charge in [-0.15, -0.1) is 6.58 Å². The highest BCUT2D eigenvalue weighted by molar-refractivity contribution is 5.92. The van der Waals surface area contributed by atoms with Gasteiger partial charge in [0, 0.05) is 12.2 Å². The molecule has 1 heterocycles. The summed E-state index contributed by atoms with van der Waals surface area (Å²) in [6, 6.07) is 9.34. The fraction of sp³-hybridized carbons (Fsp3) is 0.0667. The minimum atomic E-state index is -0.289. The lowest BCUT2D eigenvalue weighted by Gasteiger charge is -2.07. The van der Waals surface area contributed by atoms with Crippen LogP contribution in [0.5, 0.6) is 0 Å². The molecule has 2 aromatic rings. The number of anilines is 2. The maximum atomic E-state index is 12.8. The van der Waals surface area contributed by atoms with E-state index in [2.05, 4.69) is 22.2 Å². The maximum absolute atomic E-state index is 12.8. The molecule has 0 aliphatic heterocycles. The molecule has 0 radical (unpaired) electrons. The first-order chi connectivity index (χ1) is 9.69. The van der Waals surface area contributed by atoms with E-state index >= 15 is 0 Å². The van der Waals surface area contributed by atoms with Crippen LogP contribution in [-0.4, -0.2) is 17.4 Å². The quantitative estimate of drug-likeness (QED) is 0.822. The summed E-state index contributed by atoms with van der Waals surface area (Å²) in [5.74, 6) is -0.541. The highest BCUT2D eigenvalue weighted by atomic mass is 19.1. The predicted molar refractivity (Wildman–Crippen MR) is 76.4 cm³/mol. The van der Waals surface area contributed by atoms with Gasteiger partial charge in [-0.25, -0.2) is 9.37 Å². The normalized spacial score (nSPS) is 9.85. The third-order valence-electron chi connectivity index (χ3n) is 2.54. The van der Waals surface area contributed by atoms with Crippen LogP contribution in [-0.2, 0) is 0 Å². The minimum absolute atomic E-state index is 0.252. The van der Waals surface area contributed by atoms with Crippen molar-refractivity contribution in [2.45, 2.75) is 0 Å². The lowest BCUT2D eigenvalue weighted by Crippen LogP contribution is -2.24. The molecule has 0 spiro atoms. The number of amides is 1. The molecule has 0 atom stereocenters. The summed E-state index contributed by atoms with van der Waals surface area (Å²) in [5.41, 5.74) is 1.80. The van der Waals surface area contributed by atoms with E-state index in [1.54, 1.807) is 36.5 Å². The molecule has 20 heavy (non-hydrogen) atoms. The Bertz CT molecular complexity index is 594. The number of rotatable bonds is 5. The van der Waals surface area contributed by atoms with Crippen LogP contribution in [0, 0.1) is 5.82 Å². The van der Waals surface area contributed by atoms with Crippen molar-refractivity contribution >= 4 is 17.3 Å². The monoisotopic (exact) mass is 271 g/mol. The molecular weight excluding hydrogens is 257 g/mol. The van der Waals surface area contributed by atoms with Gasteiger partial charge < -0.3 is 10.6 Å². The van der Waals surface area contributed by atoms with Crippen LogP contribution < -0.4 is 10.6 Å². The van der Waals surface area contributed by atoms with E-state index < -0.39 is 0 Å². The molecule has 1 aromatic heterocycles. The number of hydrogen-bond donors (Lipinski definition) is 2. The number of carbonyl (C=O) groups is 1. The fourth-order valence-electron chi connectivity index (χ4n) is 1.56. The van der Waals surface area contributed by atoms with Crippen LogP contribution in [0.15, 0.2) is 55.3 Å². The number of benzene rings is 1. The van der Waals surface area contributed by atoms with Gasteiger partial charge in [0.25, 0.3) is 5.91 Å². The standard InChI is InChI=1S/C15H14FN3O/c1-2-9-17-15(20)14-8-7-13(10-18-14)19-12-5-3-11(16)4-6-12/h2-8,10,19H,1,9H2,(H,17,20). The Morgan fingerprint density at radius 2 is 1.90 bits per heavy atom. The second kappa shape index (κ2) is 6.47. The number of aromatic nitrogens is 1. The Morgan fingerprint density at radius 3 is 2.50 bits per heavy atom. The van der Waals surface area contributed by atoms with Gasteiger partial charge in [0.1, 0.15) is 11.5 Å². The highest BCUT2D eigenvalue weighted by Gasteiger charge is 2.05. The van der Waals surface area contributed by atoms with Gasteiger partial charge in [-0.2, -0.15) is 0 Å². The van der Waals surface area contributed by atoms with Gasteiger partial charge >= 0.3 is 0 Å². The van der Waals surface area contributed by atoms with E-state index in [4.69, 9.17) is 0 Å². The molecular formula is C15H14FN3O. The summed E-state index contributed by atoms with van der Waals surface area (Å²) in [6.07, 6.45) is 3.15. The first-order valence-electron chi connectivity index (χ1n) is 6.07. The van der Waals surface area contributed by atoms with Crippen LogP contribution in [0.4, 0.5) is 15.8 Å². The first kappa shape index (κ1) is 13.7. The lowest BCUT2D eigenvalue weighted by atomic mass is 10.2. The Kier molecular flexibility index (Phi) is 4.44. The van der Waals surface area contributed by atoms with E-state index in [9.17, 15) is 9.18 Å². The number of halogens is 1. The zero-order valence-electron chi connectivity index (χ0n) is 10.8. The second-order valence-corrected chi connectivity index (χ2v) is 4.06. The zero-order chi connectivity index (χ0) is 14.4. The molecule has 0 aliphatic rings. The van der Waals surface area contributed by atoms with Gasteiger partial charge in [-0.05, 0) is 36.4 Å². The van der Waals surface area contributed by atoms with Crippen LogP contribution in [0.25, 0.3) is 0 Å². The number of nitrogens with zero attached hydrogens (tertiary/aromatic N) is 1. The van der Waals surface area contributed by atoms with Gasteiger partial charge in [-0.1, -0.05) is 6.08 Å². The van der Waals surface area contributed by atoms with Gasteiger partial charge in [-0.3, -0.25) is 4.79 Å². The van der Waals surface area contributed by atoms with Crippen molar-refractivity contribution in [3.63, 3.8) is 0 Å². The topological polar surface area (TPSA) is 54.0 Å². The second-order valence-electron chi connectivity index (χ2n) is 4.06. The number of hydrogen-bond acceptors (Lipinski definition) is 3. The molecule has 1 amide bonds. The molecule has 0 saturated carbocycles. The average molecular weight is 271 g/mol. The molecule has 0 aliphatic carbocycles. The number of nitrogens with one attached hydrogen (secondary N) is 2. The van der Waals surface area contributed by atoms with Crippen molar-refractivity contribution in [1.29, 1.82) is 0 Å². The SMILES string of the molecule is C=CCNC(=O)c1ccc(Nc2ccc(F)cc2)cn1. The zero-order valence-corrected chi connectivity index (χ0v) is 10.8. The van der Waals surface area contributed by atoms with Crippen molar-refractivity contribution in [2.75, 3.05) is 11.9 Å². The van der Waals surface area contributed by atoms with Crippen molar-refractivity contribution in [2.24, 2.45) is 0 Å². The third kappa shape index (κ3) is 3.65. The number of carbonyl (C=O) groups excluding carboxylic acids is 1. The van der Waals surface area contributed by atoms with Crippen molar-refractivity contribution in [3.05, 3.63) is 66.8 Å². The highest BCUT2D eigenvalue weighted by Crippen LogP contribution is 2.16. The molecule has 0 unspecified atom stereocenters. The largest absolute Gasteiger partial charge is 0.354 e. The molecule has 0 bridgehead atoms. The summed E-state index contributed by atoms with van der Waals surface area (Å²) < 4.78 is 12.8. The fourth-order valence-corrected chi connectivity index (χ4v) is 1.56. The van der Waals surface area contributed by atoms with Crippen molar-refractivity contribution in [1.82, 2.24) is 10.3 Å². The first-order valence-corrected chi connectivity index (χ1v) is 6.07. The minimum Gasteiger partial charge on any atom is -0.354 e. The summed E-state index contributed by atoms with van der Waals surface area (Å²) >= 11 is 0. The molecule has 0 saturated heterocycles. The Balaban J connectivity index is 2.02.